The quantitative estimate of drug-likeness (QED) is 0.238. The number of rotatable bonds is 13. The molecule has 0 radical (unpaired) electrons. The minimum atomic E-state index is -4.03. The van der Waals surface area contributed by atoms with E-state index in [1.165, 1.54) is 23.1 Å². The van der Waals surface area contributed by atoms with Gasteiger partial charge in [0.05, 0.1) is 16.9 Å². The van der Waals surface area contributed by atoms with Crippen LogP contribution in [0.2, 0.25) is 0 Å². The first-order valence-corrected chi connectivity index (χ1v) is 15.1. The van der Waals surface area contributed by atoms with Crippen molar-refractivity contribution in [2.45, 2.75) is 52.2 Å². The highest BCUT2D eigenvalue weighted by atomic mass is 32.2. The second-order valence-electron chi connectivity index (χ2n) is 10.1. The van der Waals surface area contributed by atoms with Crippen LogP contribution in [0.3, 0.4) is 0 Å². The lowest BCUT2D eigenvalue weighted by Crippen LogP contribution is -2.54. The standard InChI is InChI=1S/C30H36N4O6S/c1-5-23(3)31-30(36)28(18-24-10-7-6-8-11-24)32(20-25-16-14-22(2)15-17-25)29(35)21-33(41(4,39)40)26-12-9-13-27(19-26)34(37)38/h6-17,19,23,28H,5,18,20-21H2,1-4H3,(H,31,36). The highest BCUT2D eigenvalue weighted by molar-refractivity contribution is 7.92. The number of hydrogen-bond donors (Lipinski definition) is 1. The summed E-state index contributed by atoms with van der Waals surface area (Å²) in [5.41, 5.74) is 2.29. The summed E-state index contributed by atoms with van der Waals surface area (Å²) in [4.78, 5) is 39.8. The van der Waals surface area contributed by atoms with Gasteiger partial charge < -0.3 is 10.2 Å². The van der Waals surface area contributed by atoms with Crippen molar-refractivity contribution in [3.63, 3.8) is 0 Å². The molecule has 3 aromatic carbocycles. The fourth-order valence-corrected chi connectivity index (χ4v) is 5.10. The van der Waals surface area contributed by atoms with E-state index in [9.17, 15) is 28.1 Å². The lowest BCUT2D eigenvalue weighted by molar-refractivity contribution is -0.384. The van der Waals surface area contributed by atoms with Crippen LogP contribution in [-0.4, -0.2) is 54.9 Å². The lowest BCUT2D eigenvalue weighted by atomic mass is 10.0. The molecule has 0 aliphatic rings. The molecule has 2 amide bonds. The smallest absolute Gasteiger partial charge is 0.271 e. The minimum absolute atomic E-state index is 0.0194. The fourth-order valence-electron chi connectivity index (χ4n) is 4.26. The van der Waals surface area contributed by atoms with E-state index >= 15 is 0 Å². The van der Waals surface area contributed by atoms with Crippen LogP contribution in [0.1, 0.15) is 37.0 Å². The average molecular weight is 581 g/mol. The number of non-ortho nitro benzene ring substituents is 1. The average Bonchev–Trinajstić information content (AvgIpc) is 2.94. The molecule has 0 aromatic heterocycles. The predicted molar refractivity (Wildman–Crippen MR) is 159 cm³/mol. The Morgan fingerprint density at radius 2 is 1.63 bits per heavy atom. The molecule has 0 fully saturated rings. The van der Waals surface area contributed by atoms with E-state index in [4.69, 9.17) is 0 Å². The van der Waals surface area contributed by atoms with Gasteiger partial charge in [-0.15, -0.1) is 0 Å². The van der Waals surface area contributed by atoms with E-state index in [1.807, 2.05) is 75.4 Å². The van der Waals surface area contributed by atoms with Crippen molar-refractivity contribution in [3.05, 3.63) is 106 Å². The molecule has 3 aromatic rings. The Hall–Kier alpha value is -4.25. The molecule has 0 heterocycles. The minimum Gasteiger partial charge on any atom is -0.352 e. The van der Waals surface area contributed by atoms with Gasteiger partial charge in [-0.3, -0.25) is 24.0 Å². The van der Waals surface area contributed by atoms with Gasteiger partial charge in [0.15, 0.2) is 0 Å². The van der Waals surface area contributed by atoms with Gasteiger partial charge in [0, 0.05) is 31.1 Å². The van der Waals surface area contributed by atoms with E-state index in [1.54, 1.807) is 0 Å². The number of nitrogens with one attached hydrogen (secondary N) is 1. The summed E-state index contributed by atoms with van der Waals surface area (Å²) >= 11 is 0. The molecule has 2 atom stereocenters. The van der Waals surface area contributed by atoms with Crippen LogP contribution in [0.5, 0.6) is 0 Å². The number of benzene rings is 3. The lowest BCUT2D eigenvalue weighted by Gasteiger charge is -2.34. The van der Waals surface area contributed by atoms with E-state index in [-0.39, 0.29) is 36.3 Å². The molecule has 0 saturated carbocycles. The first kappa shape index (κ1) is 31.3. The summed E-state index contributed by atoms with van der Waals surface area (Å²) in [7, 11) is -4.03. The molecule has 0 aliphatic carbocycles. The molecule has 218 valence electrons. The van der Waals surface area contributed by atoms with E-state index < -0.39 is 33.4 Å². The van der Waals surface area contributed by atoms with Gasteiger partial charge in [0.1, 0.15) is 12.6 Å². The van der Waals surface area contributed by atoms with Gasteiger partial charge in [-0.1, -0.05) is 73.2 Å². The van der Waals surface area contributed by atoms with Crippen LogP contribution in [0.15, 0.2) is 78.9 Å². The van der Waals surface area contributed by atoms with Crippen LogP contribution in [0.4, 0.5) is 11.4 Å². The third kappa shape index (κ3) is 8.87. The van der Waals surface area contributed by atoms with Crippen molar-refractivity contribution in [1.29, 1.82) is 0 Å². The Balaban J connectivity index is 2.07. The Labute approximate surface area is 241 Å². The normalized spacial score (nSPS) is 12.7. The maximum atomic E-state index is 14.1. The number of nitrogens with zero attached hydrogens (tertiary/aromatic N) is 3. The molecule has 10 nitrogen and oxygen atoms in total. The number of anilines is 1. The third-order valence-corrected chi connectivity index (χ3v) is 7.89. The molecule has 41 heavy (non-hydrogen) atoms. The molecular formula is C30H36N4O6S. The summed E-state index contributed by atoms with van der Waals surface area (Å²) < 4.78 is 26.5. The zero-order chi connectivity index (χ0) is 30.2. The van der Waals surface area contributed by atoms with Crippen LogP contribution in [0.25, 0.3) is 0 Å². The summed E-state index contributed by atoms with van der Waals surface area (Å²) in [5.74, 6) is -0.979. The van der Waals surface area contributed by atoms with Crippen molar-refractivity contribution in [1.82, 2.24) is 10.2 Å². The SMILES string of the molecule is CCC(C)NC(=O)C(Cc1ccccc1)N(Cc1ccc(C)cc1)C(=O)CN(c1cccc([N+](=O)[O-])c1)S(C)(=O)=O. The highest BCUT2D eigenvalue weighted by Crippen LogP contribution is 2.24. The van der Waals surface area contributed by atoms with Gasteiger partial charge >= 0.3 is 0 Å². The summed E-state index contributed by atoms with van der Waals surface area (Å²) in [5, 5.41) is 14.3. The highest BCUT2D eigenvalue weighted by Gasteiger charge is 2.33. The topological polar surface area (TPSA) is 130 Å². The van der Waals surface area contributed by atoms with Crippen molar-refractivity contribution in [2.24, 2.45) is 0 Å². The van der Waals surface area contributed by atoms with Crippen LogP contribution in [0, 0.1) is 17.0 Å². The zero-order valence-electron chi connectivity index (χ0n) is 23.7. The van der Waals surface area contributed by atoms with E-state index in [2.05, 4.69) is 5.32 Å². The van der Waals surface area contributed by atoms with Crippen molar-refractivity contribution >= 4 is 33.2 Å². The Morgan fingerprint density at radius 1 is 0.976 bits per heavy atom. The van der Waals surface area contributed by atoms with E-state index in [0.717, 1.165) is 33.3 Å². The number of sulfonamides is 1. The molecule has 1 N–H and O–H groups in total. The Kier molecular flexibility index (Phi) is 10.6. The number of amides is 2. The predicted octanol–water partition coefficient (Wildman–Crippen LogP) is 4.22. The summed E-state index contributed by atoms with van der Waals surface area (Å²) in [6.45, 7) is 5.16. The van der Waals surface area contributed by atoms with Crippen molar-refractivity contribution in [3.8, 4) is 0 Å². The number of hydrogen-bond acceptors (Lipinski definition) is 6. The van der Waals surface area contributed by atoms with Gasteiger partial charge in [-0.05, 0) is 37.5 Å². The molecule has 11 heteroatoms. The molecule has 3 rings (SSSR count). The van der Waals surface area contributed by atoms with Crippen molar-refractivity contribution in [2.75, 3.05) is 17.1 Å². The number of nitro benzene ring substituents is 1. The molecule has 0 aliphatic heterocycles. The number of carbonyl (C=O) groups excluding carboxylic acids is 2. The Morgan fingerprint density at radius 3 is 2.22 bits per heavy atom. The Bertz CT molecular complexity index is 1460. The second kappa shape index (κ2) is 13.9. The monoisotopic (exact) mass is 580 g/mol. The molecule has 0 bridgehead atoms. The first-order valence-electron chi connectivity index (χ1n) is 13.3. The largest absolute Gasteiger partial charge is 0.352 e. The second-order valence-corrected chi connectivity index (χ2v) is 12.0. The fraction of sp³-hybridized carbons (Fsp3) is 0.333. The van der Waals surface area contributed by atoms with Gasteiger partial charge in [-0.25, -0.2) is 8.42 Å². The maximum Gasteiger partial charge on any atom is 0.271 e. The third-order valence-electron chi connectivity index (χ3n) is 6.75. The van der Waals surface area contributed by atoms with Crippen LogP contribution >= 0.6 is 0 Å². The van der Waals surface area contributed by atoms with Crippen molar-refractivity contribution < 1.29 is 22.9 Å². The number of carbonyl (C=O) groups is 2. The van der Waals surface area contributed by atoms with Gasteiger partial charge in [-0.2, -0.15) is 0 Å². The van der Waals surface area contributed by atoms with E-state index in [0.29, 0.717) is 6.42 Å². The van der Waals surface area contributed by atoms with Crippen LogP contribution < -0.4 is 9.62 Å². The van der Waals surface area contributed by atoms with Gasteiger partial charge in [0.2, 0.25) is 21.8 Å². The molecule has 0 spiro atoms. The zero-order valence-corrected chi connectivity index (χ0v) is 24.5. The molecular weight excluding hydrogens is 544 g/mol. The summed E-state index contributed by atoms with van der Waals surface area (Å²) in [6.07, 6.45) is 1.82. The number of nitro groups is 1. The van der Waals surface area contributed by atoms with Crippen LogP contribution in [-0.2, 0) is 32.6 Å². The maximum absolute atomic E-state index is 14.1. The van der Waals surface area contributed by atoms with Gasteiger partial charge in [0.25, 0.3) is 5.69 Å². The molecule has 0 saturated heterocycles. The molecule has 2 unspecified atom stereocenters. The number of aryl methyl sites for hydroxylation is 1. The summed E-state index contributed by atoms with van der Waals surface area (Å²) in [6, 6.07) is 20.8. The first-order chi connectivity index (χ1) is 19.4.